The Hall–Kier alpha value is 0.250. The van der Waals surface area contributed by atoms with Crippen molar-refractivity contribution in [1.29, 1.82) is 0 Å². The van der Waals surface area contributed by atoms with Gasteiger partial charge in [-0.05, 0) is 26.1 Å². The second-order valence-corrected chi connectivity index (χ2v) is 1.79. The van der Waals surface area contributed by atoms with Crippen molar-refractivity contribution < 1.29 is 0 Å². The van der Waals surface area contributed by atoms with Crippen LogP contribution in [-0.2, 0) is 0 Å². The van der Waals surface area contributed by atoms with Crippen LogP contribution in [0.2, 0.25) is 0 Å². The third-order valence-electron chi connectivity index (χ3n) is 1.40. The summed E-state index contributed by atoms with van der Waals surface area (Å²) in [6, 6.07) is 0. The topological polar surface area (TPSA) is 3.24 Å². The lowest BCUT2D eigenvalue weighted by atomic mass is 10.2. The number of hydrogen-bond acceptors (Lipinski definition) is 1. The smallest absolute Gasteiger partial charge is 0.000665 e. The van der Waals surface area contributed by atoms with Gasteiger partial charge in [0.05, 0.1) is 0 Å². The minimum atomic E-state index is 0. The Morgan fingerprint density at radius 1 is 1.43 bits per heavy atom. The van der Waals surface area contributed by atoms with Gasteiger partial charge in [0.1, 0.15) is 0 Å². The SMILES string of the molecule is CCN1CCC1.Cl. The fourth-order valence-corrected chi connectivity index (χ4v) is 0.698. The van der Waals surface area contributed by atoms with Crippen molar-refractivity contribution in [1.82, 2.24) is 4.90 Å². The monoisotopic (exact) mass is 121 g/mol. The molecule has 0 aromatic heterocycles. The molecular formula is C5H12ClN. The first-order valence-electron chi connectivity index (χ1n) is 2.66. The van der Waals surface area contributed by atoms with Gasteiger partial charge in [-0.2, -0.15) is 0 Å². The van der Waals surface area contributed by atoms with Crippen molar-refractivity contribution in [2.24, 2.45) is 0 Å². The average Bonchev–Trinajstić information content (AvgIpc) is 1.31. The zero-order valence-electron chi connectivity index (χ0n) is 4.68. The van der Waals surface area contributed by atoms with E-state index in [2.05, 4.69) is 11.8 Å². The van der Waals surface area contributed by atoms with Crippen molar-refractivity contribution in [2.45, 2.75) is 13.3 Å². The maximum Gasteiger partial charge on any atom is -0.000665 e. The zero-order valence-corrected chi connectivity index (χ0v) is 5.50. The molecule has 0 atom stereocenters. The average molecular weight is 122 g/mol. The molecule has 0 radical (unpaired) electrons. The Bertz CT molecular complexity index is 40.6. The molecule has 1 aliphatic heterocycles. The molecule has 0 spiro atoms. The second-order valence-electron chi connectivity index (χ2n) is 1.79. The van der Waals surface area contributed by atoms with E-state index in [0.717, 1.165) is 0 Å². The molecule has 1 nitrogen and oxygen atoms in total. The first kappa shape index (κ1) is 7.25. The molecule has 7 heavy (non-hydrogen) atoms. The van der Waals surface area contributed by atoms with Crippen LogP contribution in [0.4, 0.5) is 0 Å². The summed E-state index contributed by atoms with van der Waals surface area (Å²) in [7, 11) is 0. The van der Waals surface area contributed by atoms with Gasteiger partial charge in [0.2, 0.25) is 0 Å². The highest BCUT2D eigenvalue weighted by Gasteiger charge is 2.08. The highest BCUT2D eigenvalue weighted by molar-refractivity contribution is 5.85. The highest BCUT2D eigenvalue weighted by atomic mass is 35.5. The number of halogens is 1. The van der Waals surface area contributed by atoms with Gasteiger partial charge < -0.3 is 4.90 Å². The Kier molecular flexibility index (Phi) is 3.39. The molecule has 1 aliphatic rings. The maximum atomic E-state index is 2.43. The quantitative estimate of drug-likeness (QED) is 0.503. The van der Waals surface area contributed by atoms with Crippen LogP contribution in [-0.4, -0.2) is 24.5 Å². The molecular weight excluding hydrogens is 110 g/mol. The van der Waals surface area contributed by atoms with Crippen LogP contribution in [0.15, 0.2) is 0 Å². The van der Waals surface area contributed by atoms with Crippen molar-refractivity contribution in [3.05, 3.63) is 0 Å². The van der Waals surface area contributed by atoms with Crippen molar-refractivity contribution in [3.8, 4) is 0 Å². The van der Waals surface area contributed by atoms with Crippen molar-refractivity contribution >= 4 is 12.4 Å². The van der Waals surface area contributed by atoms with E-state index in [1.807, 2.05) is 0 Å². The molecule has 0 aromatic rings. The molecule has 0 aliphatic carbocycles. The fourth-order valence-electron chi connectivity index (χ4n) is 0.698. The Morgan fingerprint density at radius 2 is 2.00 bits per heavy atom. The number of rotatable bonds is 1. The summed E-state index contributed by atoms with van der Waals surface area (Å²) in [6.07, 6.45) is 1.42. The van der Waals surface area contributed by atoms with Crippen molar-refractivity contribution in [2.75, 3.05) is 19.6 Å². The first-order valence-corrected chi connectivity index (χ1v) is 2.66. The number of hydrogen-bond donors (Lipinski definition) is 0. The minimum absolute atomic E-state index is 0. The van der Waals surface area contributed by atoms with Crippen LogP contribution in [0.5, 0.6) is 0 Å². The molecule has 0 aromatic carbocycles. The van der Waals surface area contributed by atoms with E-state index in [9.17, 15) is 0 Å². The minimum Gasteiger partial charge on any atom is -0.304 e. The third kappa shape index (κ3) is 1.66. The Morgan fingerprint density at radius 3 is 2.00 bits per heavy atom. The largest absolute Gasteiger partial charge is 0.304 e. The van der Waals surface area contributed by atoms with Crippen LogP contribution >= 0.6 is 12.4 Å². The van der Waals surface area contributed by atoms with E-state index in [-0.39, 0.29) is 12.4 Å². The Balaban J connectivity index is 0.000000360. The lowest BCUT2D eigenvalue weighted by Crippen LogP contribution is -2.36. The summed E-state index contributed by atoms with van der Waals surface area (Å²) in [5.41, 5.74) is 0. The predicted octanol–water partition coefficient (Wildman–Crippen LogP) is 1.13. The predicted molar refractivity (Wildman–Crippen MR) is 34.0 cm³/mol. The molecule has 0 bridgehead atoms. The lowest BCUT2D eigenvalue weighted by molar-refractivity contribution is 0.192. The second kappa shape index (κ2) is 3.28. The molecule has 0 amide bonds. The fraction of sp³-hybridized carbons (Fsp3) is 1.00. The van der Waals surface area contributed by atoms with Gasteiger partial charge in [-0.3, -0.25) is 0 Å². The van der Waals surface area contributed by atoms with Crippen LogP contribution < -0.4 is 0 Å². The van der Waals surface area contributed by atoms with Gasteiger partial charge in [-0.15, -0.1) is 12.4 Å². The molecule has 44 valence electrons. The highest BCUT2D eigenvalue weighted by Crippen LogP contribution is 2.02. The lowest BCUT2D eigenvalue weighted by Gasteiger charge is -2.28. The van der Waals surface area contributed by atoms with E-state index < -0.39 is 0 Å². The van der Waals surface area contributed by atoms with Gasteiger partial charge in [0.25, 0.3) is 0 Å². The molecule has 0 saturated carbocycles. The zero-order chi connectivity index (χ0) is 4.41. The van der Waals surface area contributed by atoms with Gasteiger partial charge in [-0.1, -0.05) is 6.92 Å². The summed E-state index contributed by atoms with van der Waals surface area (Å²) >= 11 is 0. The van der Waals surface area contributed by atoms with Gasteiger partial charge in [-0.25, -0.2) is 0 Å². The summed E-state index contributed by atoms with van der Waals surface area (Å²) in [5.74, 6) is 0. The van der Waals surface area contributed by atoms with Crippen LogP contribution in [0, 0.1) is 0 Å². The molecule has 2 heteroatoms. The summed E-state index contributed by atoms with van der Waals surface area (Å²) in [4.78, 5) is 2.43. The number of likely N-dealkylation sites (tertiary alicyclic amines) is 1. The summed E-state index contributed by atoms with van der Waals surface area (Å²) in [5, 5.41) is 0. The van der Waals surface area contributed by atoms with Gasteiger partial charge >= 0.3 is 0 Å². The maximum absolute atomic E-state index is 2.43. The third-order valence-corrected chi connectivity index (χ3v) is 1.40. The van der Waals surface area contributed by atoms with Gasteiger partial charge in [0.15, 0.2) is 0 Å². The normalized spacial score (nSPS) is 20.1. The van der Waals surface area contributed by atoms with E-state index in [0.29, 0.717) is 0 Å². The van der Waals surface area contributed by atoms with Crippen molar-refractivity contribution in [3.63, 3.8) is 0 Å². The van der Waals surface area contributed by atoms with Crippen LogP contribution in [0.25, 0.3) is 0 Å². The molecule has 1 heterocycles. The van der Waals surface area contributed by atoms with E-state index >= 15 is 0 Å². The number of nitrogens with zero attached hydrogens (tertiary/aromatic N) is 1. The molecule has 1 saturated heterocycles. The van der Waals surface area contributed by atoms with Gasteiger partial charge in [0, 0.05) is 0 Å². The Labute approximate surface area is 51.1 Å². The summed E-state index contributed by atoms with van der Waals surface area (Å²) in [6.45, 7) is 6.14. The summed E-state index contributed by atoms with van der Waals surface area (Å²) < 4.78 is 0. The van der Waals surface area contributed by atoms with E-state index in [1.54, 1.807) is 0 Å². The van der Waals surface area contributed by atoms with E-state index in [1.165, 1.54) is 26.1 Å². The standard InChI is InChI=1S/C5H11N.ClH/c1-2-6-4-3-5-6;/h2-5H2,1H3;1H. The van der Waals surface area contributed by atoms with E-state index in [4.69, 9.17) is 0 Å². The molecule has 0 unspecified atom stereocenters. The molecule has 0 N–H and O–H groups in total. The molecule has 1 rings (SSSR count). The van der Waals surface area contributed by atoms with Crippen LogP contribution in [0.3, 0.4) is 0 Å². The van der Waals surface area contributed by atoms with Crippen LogP contribution in [0.1, 0.15) is 13.3 Å². The first-order chi connectivity index (χ1) is 2.93. The molecule has 1 fully saturated rings.